The molecule has 1 aliphatic heterocycles. The van der Waals surface area contributed by atoms with Crippen molar-refractivity contribution in [2.24, 2.45) is 0 Å². The quantitative estimate of drug-likeness (QED) is 0.686. The zero-order valence-corrected chi connectivity index (χ0v) is 14.9. The third-order valence-electron chi connectivity index (χ3n) is 4.92. The van der Waals surface area contributed by atoms with Gasteiger partial charge in [-0.15, -0.1) is 0 Å². The van der Waals surface area contributed by atoms with Crippen LogP contribution in [-0.2, 0) is 13.1 Å². The molecule has 2 aromatic heterocycles. The average Bonchev–Trinajstić information content (AvgIpc) is 3.12. The first-order valence-electron chi connectivity index (χ1n) is 8.98. The van der Waals surface area contributed by atoms with Crippen LogP contribution in [0.1, 0.15) is 30.3 Å². The number of benzene rings is 1. The topological polar surface area (TPSA) is 63.9 Å². The number of nitrogens with zero attached hydrogens (tertiary/aromatic N) is 5. The summed E-state index contributed by atoms with van der Waals surface area (Å²) in [5, 5.41) is 7.79. The molecular weight excluding hydrogens is 371 g/mol. The van der Waals surface area contributed by atoms with Crippen LogP contribution in [-0.4, -0.2) is 37.4 Å². The summed E-state index contributed by atoms with van der Waals surface area (Å²) in [6.45, 7) is -0.128. The minimum absolute atomic E-state index is 0.167. The van der Waals surface area contributed by atoms with Gasteiger partial charge in [-0.25, -0.2) is 4.98 Å². The summed E-state index contributed by atoms with van der Waals surface area (Å²) in [4.78, 5) is 19.4. The lowest BCUT2D eigenvalue weighted by molar-refractivity contribution is -0.142. The fraction of sp³-hybridized carbons (Fsp3) is 0.368. The molecule has 1 aromatic carbocycles. The number of hydrogen-bond acceptors (Lipinski definition) is 5. The molecule has 1 unspecified atom stereocenters. The van der Waals surface area contributed by atoms with Gasteiger partial charge in [0.05, 0.1) is 23.1 Å². The Morgan fingerprint density at radius 2 is 1.96 bits per heavy atom. The zero-order chi connectivity index (χ0) is 19.7. The van der Waals surface area contributed by atoms with Gasteiger partial charge in [0.2, 0.25) is 0 Å². The SMILES string of the molecule is O=c1c2ccccc2nc(C2CCCN2Cc2ccnnc2)n1CC(F)(F)F. The predicted octanol–water partition coefficient (Wildman–Crippen LogP) is 3.09. The molecule has 0 amide bonds. The van der Waals surface area contributed by atoms with E-state index in [1.54, 1.807) is 30.6 Å². The van der Waals surface area contributed by atoms with Crippen LogP contribution in [0.5, 0.6) is 0 Å². The van der Waals surface area contributed by atoms with Crippen LogP contribution in [0.15, 0.2) is 47.5 Å². The molecule has 1 aliphatic rings. The third kappa shape index (κ3) is 3.75. The van der Waals surface area contributed by atoms with E-state index in [1.807, 2.05) is 11.0 Å². The Hall–Kier alpha value is -2.81. The molecule has 0 radical (unpaired) electrons. The van der Waals surface area contributed by atoms with E-state index < -0.39 is 18.3 Å². The van der Waals surface area contributed by atoms with E-state index in [-0.39, 0.29) is 17.3 Å². The summed E-state index contributed by atoms with van der Waals surface area (Å²) in [7, 11) is 0. The van der Waals surface area contributed by atoms with Gasteiger partial charge in [0.1, 0.15) is 12.4 Å². The second kappa shape index (κ2) is 7.31. The standard InChI is InChI=1S/C19H18F3N5O/c20-19(21,22)12-27-17(25-15-5-2-1-4-14(15)18(27)28)16-6-3-9-26(16)11-13-7-8-23-24-10-13/h1-2,4-5,7-8,10,16H,3,6,9,11-12H2. The normalized spacial score (nSPS) is 18.0. The maximum Gasteiger partial charge on any atom is 0.406 e. The van der Waals surface area contributed by atoms with Gasteiger partial charge in [-0.1, -0.05) is 12.1 Å². The van der Waals surface area contributed by atoms with Crippen molar-refractivity contribution in [3.63, 3.8) is 0 Å². The largest absolute Gasteiger partial charge is 0.406 e. The highest BCUT2D eigenvalue weighted by molar-refractivity contribution is 5.77. The van der Waals surface area contributed by atoms with Crippen LogP contribution in [0.3, 0.4) is 0 Å². The molecule has 0 saturated carbocycles. The van der Waals surface area contributed by atoms with Gasteiger partial charge >= 0.3 is 6.18 Å². The lowest BCUT2D eigenvalue weighted by atomic mass is 10.1. The van der Waals surface area contributed by atoms with E-state index in [4.69, 9.17) is 0 Å². The Morgan fingerprint density at radius 1 is 1.14 bits per heavy atom. The van der Waals surface area contributed by atoms with Crippen molar-refractivity contribution in [2.45, 2.75) is 38.1 Å². The Kier molecular flexibility index (Phi) is 4.84. The molecule has 3 heterocycles. The zero-order valence-electron chi connectivity index (χ0n) is 14.9. The molecule has 4 rings (SSSR count). The van der Waals surface area contributed by atoms with E-state index >= 15 is 0 Å². The van der Waals surface area contributed by atoms with Crippen molar-refractivity contribution in [3.05, 3.63) is 64.5 Å². The minimum Gasteiger partial charge on any atom is -0.289 e. The number of rotatable bonds is 4. The van der Waals surface area contributed by atoms with E-state index in [0.29, 0.717) is 25.0 Å². The Bertz CT molecular complexity index is 1040. The van der Waals surface area contributed by atoms with E-state index in [1.165, 1.54) is 6.07 Å². The van der Waals surface area contributed by atoms with Gasteiger partial charge in [0.25, 0.3) is 5.56 Å². The molecule has 28 heavy (non-hydrogen) atoms. The summed E-state index contributed by atoms with van der Waals surface area (Å²) < 4.78 is 40.4. The van der Waals surface area contributed by atoms with Crippen LogP contribution >= 0.6 is 0 Å². The first kappa shape index (κ1) is 18.5. The summed E-state index contributed by atoms with van der Waals surface area (Å²) >= 11 is 0. The number of hydrogen-bond donors (Lipinski definition) is 0. The molecular formula is C19H18F3N5O. The van der Waals surface area contributed by atoms with Crippen LogP contribution in [0.2, 0.25) is 0 Å². The van der Waals surface area contributed by atoms with Crippen LogP contribution in [0.4, 0.5) is 13.2 Å². The molecule has 6 nitrogen and oxygen atoms in total. The van der Waals surface area contributed by atoms with E-state index in [2.05, 4.69) is 15.2 Å². The highest BCUT2D eigenvalue weighted by atomic mass is 19.4. The van der Waals surface area contributed by atoms with E-state index in [0.717, 1.165) is 16.6 Å². The predicted molar refractivity (Wildman–Crippen MR) is 96.5 cm³/mol. The second-order valence-electron chi connectivity index (χ2n) is 6.87. The summed E-state index contributed by atoms with van der Waals surface area (Å²) in [5.74, 6) is 0.167. The van der Waals surface area contributed by atoms with Crippen molar-refractivity contribution in [1.82, 2.24) is 24.6 Å². The summed E-state index contributed by atoms with van der Waals surface area (Å²) in [6, 6.07) is 7.97. The Morgan fingerprint density at radius 3 is 2.71 bits per heavy atom. The molecule has 146 valence electrons. The van der Waals surface area contributed by atoms with Gasteiger partial charge in [0.15, 0.2) is 0 Å². The number of fused-ring (bicyclic) bond motifs is 1. The van der Waals surface area contributed by atoms with E-state index in [9.17, 15) is 18.0 Å². The van der Waals surface area contributed by atoms with Crippen LogP contribution in [0.25, 0.3) is 10.9 Å². The average molecular weight is 389 g/mol. The lowest BCUT2D eigenvalue weighted by Gasteiger charge is -2.26. The number of halogens is 3. The van der Waals surface area contributed by atoms with Crippen molar-refractivity contribution in [3.8, 4) is 0 Å². The summed E-state index contributed by atoms with van der Waals surface area (Å²) in [5.41, 5.74) is 0.668. The van der Waals surface area contributed by atoms with Gasteiger partial charge in [-0.3, -0.25) is 14.3 Å². The molecule has 1 atom stereocenters. The fourth-order valence-corrected chi connectivity index (χ4v) is 3.73. The molecule has 0 spiro atoms. The van der Waals surface area contributed by atoms with Crippen LogP contribution < -0.4 is 5.56 Å². The minimum atomic E-state index is -4.51. The molecule has 0 N–H and O–H groups in total. The van der Waals surface area contributed by atoms with Crippen LogP contribution in [0, 0.1) is 0 Å². The molecule has 3 aromatic rings. The van der Waals surface area contributed by atoms with Crippen molar-refractivity contribution in [2.75, 3.05) is 6.54 Å². The molecule has 9 heteroatoms. The first-order chi connectivity index (χ1) is 13.4. The first-order valence-corrected chi connectivity index (χ1v) is 8.98. The third-order valence-corrected chi connectivity index (χ3v) is 4.92. The number of para-hydroxylation sites is 1. The van der Waals surface area contributed by atoms with Crippen molar-refractivity contribution in [1.29, 1.82) is 0 Å². The molecule has 1 saturated heterocycles. The highest BCUT2D eigenvalue weighted by Gasteiger charge is 2.35. The number of likely N-dealkylation sites (tertiary alicyclic amines) is 1. The maximum absolute atomic E-state index is 13.2. The Labute approximate surface area is 158 Å². The highest BCUT2D eigenvalue weighted by Crippen LogP contribution is 2.33. The van der Waals surface area contributed by atoms with Gasteiger partial charge in [-0.05, 0) is 43.1 Å². The van der Waals surface area contributed by atoms with Gasteiger partial charge in [-0.2, -0.15) is 23.4 Å². The fourth-order valence-electron chi connectivity index (χ4n) is 3.73. The molecule has 0 bridgehead atoms. The molecule has 1 fully saturated rings. The lowest BCUT2D eigenvalue weighted by Crippen LogP contribution is -2.35. The summed E-state index contributed by atoms with van der Waals surface area (Å²) in [6.07, 6.45) is 0.153. The number of alkyl halides is 3. The monoisotopic (exact) mass is 389 g/mol. The Balaban J connectivity index is 1.79. The smallest absolute Gasteiger partial charge is 0.289 e. The number of aromatic nitrogens is 4. The van der Waals surface area contributed by atoms with Crippen molar-refractivity contribution >= 4 is 10.9 Å². The van der Waals surface area contributed by atoms with Gasteiger partial charge < -0.3 is 0 Å². The van der Waals surface area contributed by atoms with Crippen molar-refractivity contribution < 1.29 is 13.2 Å². The second-order valence-corrected chi connectivity index (χ2v) is 6.87. The maximum atomic E-state index is 13.2. The molecule has 0 aliphatic carbocycles. The van der Waals surface area contributed by atoms with Gasteiger partial charge in [0, 0.05) is 12.7 Å².